The SMILES string of the molecule is COc1ccc(S(=O)(=O)C2(OC)C=CC=CC2C2(N3CCCC[C@H]3C(=O)N(C)C)C(=O)Nc3cc(Cl)c(Cl)cc32)c(OC)c1. The van der Waals surface area contributed by atoms with E-state index in [0.717, 1.165) is 6.42 Å². The van der Waals surface area contributed by atoms with E-state index >= 15 is 0 Å². The van der Waals surface area contributed by atoms with Crippen LogP contribution in [0, 0.1) is 5.92 Å². The van der Waals surface area contributed by atoms with Gasteiger partial charge in [0.2, 0.25) is 26.6 Å². The molecule has 0 spiro atoms. The van der Waals surface area contributed by atoms with Crippen LogP contribution in [0.4, 0.5) is 5.69 Å². The summed E-state index contributed by atoms with van der Waals surface area (Å²) in [6, 6.07) is 6.76. The molecular formula is C31H35Cl2N3O7S. The molecule has 4 atom stereocenters. The summed E-state index contributed by atoms with van der Waals surface area (Å²) < 4.78 is 46.8. The van der Waals surface area contributed by atoms with Crippen molar-refractivity contribution < 1.29 is 32.2 Å². The Balaban J connectivity index is 1.85. The molecule has 13 heteroatoms. The summed E-state index contributed by atoms with van der Waals surface area (Å²) in [4.78, 5) is 29.4. The van der Waals surface area contributed by atoms with Crippen LogP contribution in [0.25, 0.3) is 0 Å². The van der Waals surface area contributed by atoms with Crippen LogP contribution in [0.15, 0.2) is 59.5 Å². The van der Waals surface area contributed by atoms with Crippen LogP contribution in [0.3, 0.4) is 0 Å². The number of hydrogen-bond acceptors (Lipinski definition) is 8. The monoisotopic (exact) mass is 663 g/mol. The third kappa shape index (κ3) is 4.71. The number of anilines is 1. The molecular weight excluding hydrogens is 629 g/mol. The normalized spacial score (nSPS) is 26.7. The maximum Gasteiger partial charge on any atom is 0.250 e. The van der Waals surface area contributed by atoms with Gasteiger partial charge in [-0.3, -0.25) is 14.5 Å². The van der Waals surface area contributed by atoms with Gasteiger partial charge in [-0.1, -0.05) is 47.9 Å². The minimum absolute atomic E-state index is 0.0428. The van der Waals surface area contributed by atoms with Crippen molar-refractivity contribution >= 4 is 50.5 Å². The van der Waals surface area contributed by atoms with Crippen molar-refractivity contribution in [2.24, 2.45) is 5.92 Å². The second-order valence-electron chi connectivity index (χ2n) is 11.1. The van der Waals surface area contributed by atoms with Crippen molar-refractivity contribution in [3.8, 4) is 11.5 Å². The predicted molar refractivity (Wildman–Crippen MR) is 168 cm³/mol. The van der Waals surface area contributed by atoms with E-state index in [1.165, 1.54) is 50.5 Å². The van der Waals surface area contributed by atoms with Gasteiger partial charge in [0.05, 0.1) is 36.2 Å². The molecule has 3 unspecified atom stereocenters. The number of fused-ring (bicyclic) bond motifs is 1. The fourth-order valence-electron chi connectivity index (χ4n) is 6.75. The number of likely N-dealkylation sites (N-methyl/N-ethyl adjacent to an activating group) is 1. The van der Waals surface area contributed by atoms with E-state index < -0.39 is 38.2 Å². The molecule has 5 rings (SSSR count). The number of likely N-dealkylation sites (tertiary alicyclic amines) is 1. The zero-order valence-corrected chi connectivity index (χ0v) is 27.4. The molecule has 1 saturated heterocycles. The average molecular weight is 665 g/mol. The number of nitrogens with zero attached hydrogens (tertiary/aromatic N) is 2. The minimum Gasteiger partial charge on any atom is -0.497 e. The molecule has 10 nitrogen and oxygen atoms in total. The van der Waals surface area contributed by atoms with E-state index in [4.69, 9.17) is 37.4 Å². The minimum atomic E-state index is -4.51. The predicted octanol–water partition coefficient (Wildman–Crippen LogP) is 4.66. The third-order valence-electron chi connectivity index (χ3n) is 8.77. The van der Waals surface area contributed by atoms with Crippen molar-refractivity contribution in [1.82, 2.24) is 9.80 Å². The van der Waals surface area contributed by atoms with E-state index in [0.29, 0.717) is 36.4 Å². The first kappa shape index (κ1) is 32.3. The standard InChI is InChI=1S/C31H35Cl2N3O7S/c1-35(2)28(37)24-10-7-9-15-36(24)31(20-17-21(32)22(33)18-23(20)34-29(31)38)27-11-6-8-14-30(27,43-5)44(39,40)26-13-12-19(41-3)16-25(26)42-4/h6,8,11-14,16-18,24,27H,7,9-10,15H2,1-5H3,(H,34,38)/t24-,27?,30?,31?/m0/s1. The highest BCUT2D eigenvalue weighted by atomic mass is 35.5. The van der Waals surface area contributed by atoms with Gasteiger partial charge in [0.25, 0.3) is 0 Å². The Labute approximate surface area is 267 Å². The van der Waals surface area contributed by atoms with Crippen LogP contribution in [0.1, 0.15) is 24.8 Å². The summed E-state index contributed by atoms with van der Waals surface area (Å²) in [5.74, 6) is -1.50. The van der Waals surface area contributed by atoms with E-state index in [1.54, 1.807) is 44.5 Å². The topological polar surface area (TPSA) is 114 Å². The van der Waals surface area contributed by atoms with Gasteiger partial charge in [-0.25, -0.2) is 8.42 Å². The number of amides is 2. The van der Waals surface area contributed by atoms with Crippen LogP contribution in [-0.4, -0.2) is 83.0 Å². The maximum absolute atomic E-state index is 15.0. The Morgan fingerprint density at radius 1 is 1.05 bits per heavy atom. The molecule has 2 heterocycles. The molecule has 2 amide bonds. The Kier molecular flexibility index (Phi) is 8.82. The largest absolute Gasteiger partial charge is 0.497 e. The zero-order chi connectivity index (χ0) is 32.0. The molecule has 236 valence electrons. The summed E-state index contributed by atoms with van der Waals surface area (Å²) in [7, 11) is 2.93. The lowest BCUT2D eigenvalue weighted by molar-refractivity contribution is -0.150. The lowest BCUT2D eigenvalue weighted by Gasteiger charge is -2.53. The van der Waals surface area contributed by atoms with Gasteiger partial charge in [0.1, 0.15) is 21.9 Å². The number of piperidine rings is 1. The molecule has 1 aliphatic carbocycles. The summed E-state index contributed by atoms with van der Waals surface area (Å²) in [5.41, 5.74) is -0.985. The summed E-state index contributed by atoms with van der Waals surface area (Å²) >= 11 is 13.0. The summed E-state index contributed by atoms with van der Waals surface area (Å²) in [6.07, 6.45) is 8.24. The number of benzene rings is 2. The number of carbonyl (C=O) groups is 2. The van der Waals surface area contributed by atoms with Crippen LogP contribution >= 0.6 is 23.2 Å². The van der Waals surface area contributed by atoms with Gasteiger partial charge in [-0.2, -0.15) is 0 Å². The van der Waals surface area contributed by atoms with Crippen LogP contribution in [-0.2, 0) is 29.7 Å². The quantitative estimate of drug-likeness (QED) is 0.434. The van der Waals surface area contributed by atoms with E-state index in [1.807, 2.05) is 4.90 Å². The Morgan fingerprint density at radius 3 is 2.43 bits per heavy atom. The van der Waals surface area contributed by atoms with Gasteiger partial charge in [0, 0.05) is 45.1 Å². The van der Waals surface area contributed by atoms with Gasteiger partial charge in [-0.05, 0) is 43.2 Å². The molecule has 2 aromatic carbocycles. The van der Waals surface area contributed by atoms with Crippen LogP contribution in [0.2, 0.25) is 10.0 Å². The summed E-state index contributed by atoms with van der Waals surface area (Å²) in [6.45, 7) is 0.330. The second kappa shape index (κ2) is 12.0. The smallest absolute Gasteiger partial charge is 0.250 e. The highest BCUT2D eigenvalue weighted by molar-refractivity contribution is 7.93. The molecule has 2 aromatic rings. The lowest BCUT2D eigenvalue weighted by Crippen LogP contribution is -2.68. The number of ether oxygens (including phenoxy) is 3. The number of allylic oxidation sites excluding steroid dienone is 2. The first-order valence-corrected chi connectivity index (χ1v) is 16.3. The number of hydrogen-bond donors (Lipinski definition) is 1. The molecule has 1 fully saturated rings. The Bertz CT molecular complexity index is 1660. The molecule has 3 aliphatic rings. The summed E-state index contributed by atoms with van der Waals surface area (Å²) in [5, 5.41) is 3.33. The fourth-order valence-corrected chi connectivity index (χ4v) is 9.14. The first-order chi connectivity index (χ1) is 20.9. The molecule has 0 aromatic heterocycles. The number of halogens is 2. The van der Waals surface area contributed by atoms with Crippen molar-refractivity contribution in [2.45, 2.75) is 40.7 Å². The maximum atomic E-state index is 15.0. The van der Waals surface area contributed by atoms with Gasteiger partial charge >= 0.3 is 0 Å². The highest BCUT2D eigenvalue weighted by Gasteiger charge is 2.67. The molecule has 0 bridgehead atoms. The van der Waals surface area contributed by atoms with Crippen molar-refractivity contribution in [3.63, 3.8) is 0 Å². The molecule has 44 heavy (non-hydrogen) atoms. The molecule has 0 saturated carbocycles. The average Bonchev–Trinajstić information content (AvgIpc) is 3.30. The lowest BCUT2D eigenvalue weighted by atomic mass is 9.71. The van der Waals surface area contributed by atoms with E-state index in [2.05, 4.69) is 5.32 Å². The van der Waals surface area contributed by atoms with Crippen LogP contribution < -0.4 is 14.8 Å². The van der Waals surface area contributed by atoms with Gasteiger partial charge in [-0.15, -0.1) is 0 Å². The van der Waals surface area contributed by atoms with Crippen molar-refractivity contribution in [2.75, 3.05) is 47.3 Å². The van der Waals surface area contributed by atoms with Gasteiger partial charge < -0.3 is 24.4 Å². The molecule has 0 radical (unpaired) electrons. The number of rotatable bonds is 8. The van der Waals surface area contributed by atoms with E-state index in [9.17, 15) is 18.0 Å². The second-order valence-corrected chi connectivity index (χ2v) is 14.0. The number of sulfone groups is 1. The van der Waals surface area contributed by atoms with Gasteiger partial charge in [0.15, 0.2) is 0 Å². The Hall–Kier alpha value is -3.09. The zero-order valence-electron chi connectivity index (χ0n) is 25.1. The highest BCUT2D eigenvalue weighted by Crippen LogP contribution is 2.57. The fraction of sp³-hybridized carbons (Fsp3) is 0.419. The number of carbonyl (C=O) groups excluding carboxylic acids is 2. The first-order valence-electron chi connectivity index (χ1n) is 14.1. The number of methoxy groups -OCH3 is 3. The van der Waals surface area contributed by atoms with Crippen molar-refractivity contribution in [1.29, 1.82) is 0 Å². The third-order valence-corrected chi connectivity index (χ3v) is 11.8. The van der Waals surface area contributed by atoms with Crippen LogP contribution in [0.5, 0.6) is 11.5 Å². The Morgan fingerprint density at radius 2 is 1.77 bits per heavy atom. The molecule has 1 N–H and O–H groups in total. The van der Waals surface area contributed by atoms with Crippen molar-refractivity contribution in [3.05, 3.63) is 70.2 Å². The number of nitrogens with one attached hydrogen (secondary N) is 1. The van der Waals surface area contributed by atoms with E-state index in [-0.39, 0.29) is 26.6 Å². The molecule has 2 aliphatic heterocycles.